The van der Waals surface area contributed by atoms with Crippen molar-refractivity contribution in [3.05, 3.63) is 0 Å². The third-order valence-corrected chi connectivity index (χ3v) is 2.16. The molecule has 0 bridgehead atoms. The Balaban J connectivity index is 2.35. The van der Waals surface area contributed by atoms with E-state index in [1.165, 1.54) is 6.92 Å². The first kappa shape index (κ1) is 9.98. The predicted octanol–water partition coefficient (Wildman–Crippen LogP) is -0.815. The summed E-state index contributed by atoms with van der Waals surface area (Å²) in [7, 11) is 0. The van der Waals surface area contributed by atoms with E-state index in [9.17, 15) is 9.59 Å². The minimum Gasteiger partial charge on any atom is -0.480 e. The molecule has 0 radical (unpaired) electrons. The van der Waals surface area contributed by atoms with Crippen molar-refractivity contribution in [2.45, 2.75) is 19.4 Å². The molecular weight excluding hydrogens is 172 g/mol. The van der Waals surface area contributed by atoms with Crippen molar-refractivity contribution in [1.29, 1.82) is 0 Å². The maximum absolute atomic E-state index is 11.3. The van der Waals surface area contributed by atoms with Gasteiger partial charge in [0.1, 0.15) is 6.04 Å². The molecule has 1 aliphatic rings. The second kappa shape index (κ2) is 4.23. The van der Waals surface area contributed by atoms with Crippen molar-refractivity contribution >= 4 is 11.9 Å². The van der Waals surface area contributed by atoms with Crippen LogP contribution in [0, 0.1) is 5.92 Å². The van der Waals surface area contributed by atoms with E-state index in [-0.39, 0.29) is 11.8 Å². The molecule has 0 aromatic heterocycles. The molecule has 0 unspecified atom stereocenters. The minimum absolute atomic E-state index is 0.0678. The van der Waals surface area contributed by atoms with Crippen LogP contribution in [0.15, 0.2) is 0 Å². The maximum Gasteiger partial charge on any atom is 0.325 e. The molecule has 0 aliphatic carbocycles. The topological polar surface area (TPSA) is 78.4 Å². The zero-order chi connectivity index (χ0) is 9.84. The molecule has 1 fully saturated rings. The van der Waals surface area contributed by atoms with Crippen LogP contribution < -0.4 is 10.6 Å². The molecule has 1 amide bonds. The van der Waals surface area contributed by atoms with Gasteiger partial charge in [0.25, 0.3) is 0 Å². The van der Waals surface area contributed by atoms with Gasteiger partial charge in [-0.25, -0.2) is 0 Å². The van der Waals surface area contributed by atoms with Gasteiger partial charge < -0.3 is 15.7 Å². The Morgan fingerprint density at radius 2 is 2.31 bits per heavy atom. The summed E-state index contributed by atoms with van der Waals surface area (Å²) >= 11 is 0. The zero-order valence-electron chi connectivity index (χ0n) is 7.54. The van der Waals surface area contributed by atoms with Gasteiger partial charge in [0.15, 0.2) is 0 Å². The SMILES string of the molecule is C[C@H](NC(=O)[C@H]1CCNC1)C(=O)O. The fraction of sp³-hybridized carbons (Fsp3) is 0.750. The number of aliphatic carboxylic acids is 1. The van der Waals surface area contributed by atoms with Crippen LogP contribution in [0.1, 0.15) is 13.3 Å². The number of hydrogen-bond acceptors (Lipinski definition) is 3. The molecule has 0 aromatic carbocycles. The van der Waals surface area contributed by atoms with Gasteiger partial charge in [-0.3, -0.25) is 9.59 Å². The third-order valence-electron chi connectivity index (χ3n) is 2.16. The average molecular weight is 186 g/mol. The first-order valence-electron chi connectivity index (χ1n) is 4.35. The van der Waals surface area contributed by atoms with E-state index in [4.69, 9.17) is 5.11 Å². The summed E-state index contributed by atoms with van der Waals surface area (Å²) in [5.41, 5.74) is 0. The van der Waals surface area contributed by atoms with E-state index >= 15 is 0 Å². The monoisotopic (exact) mass is 186 g/mol. The standard InChI is InChI=1S/C8H14N2O3/c1-5(8(12)13)10-7(11)6-2-3-9-4-6/h5-6,9H,2-4H2,1H3,(H,10,11)(H,12,13)/t5-,6-/m0/s1. The summed E-state index contributed by atoms with van der Waals surface area (Å²) in [6.45, 7) is 2.94. The molecule has 1 rings (SSSR count). The van der Waals surface area contributed by atoms with E-state index in [1.54, 1.807) is 0 Å². The number of carbonyl (C=O) groups is 2. The first-order chi connectivity index (χ1) is 6.11. The zero-order valence-corrected chi connectivity index (χ0v) is 7.54. The van der Waals surface area contributed by atoms with E-state index in [2.05, 4.69) is 10.6 Å². The van der Waals surface area contributed by atoms with E-state index < -0.39 is 12.0 Å². The first-order valence-corrected chi connectivity index (χ1v) is 4.35. The number of carboxylic acids is 1. The molecule has 74 valence electrons. The lowest BCUT2D eigenvalue weighted by Crippen LogP contribution is -2.42. The van der Waals surface area contributed by atoms with E-state index in [1.807, 2.05) is 0 Å². The Morgan fingerprint density at radius 3 is 2.77 bits per heavy atom. The largest absolute Gasteiger partial charge is 0.480 e. The molecule has 13 heavy (non-hydrogen) atoms. The number of amides is 1. The van der Waals surface area contributed by atoms with Crippen LogP contribution in [-0.4, -0.2) is 36.1 Å². The van der Waals surface area contributed by atoms with Gasteiger partial charge in [-0.1, -0.05) is 0 Å². The highest BCUT2D eigenvalue weighted by molar-refractivity contribution is 5.84. The summed E-state index contributed by atoms with van der Waals surface area (Å²) in [5, 5.41) is 14.0. The molecule has 1 aliphatic heterocycles. The molecule has 0 aromatic rings. The molecule has 0 saturated carbocycles. The van der Waals surface area contributed by atoms with Crippen LogP contribution in [0.2, 0.25) is 0 Å². The molecule has 3 N–H and O–H groups in total. The van der Waals surface area contributed by atoms with Crippen molar-refractivity contribution in [2.75, 3.05) is 13.1 Å². The molecular formula is C8H14N2O3. The summed E-state index contributed by atoms with van der Waals surface area (Å²) in [6, 6.07) is -0.798. The number of carbonyl (C=O) groups excluding carboxylic acids is 1. The Morgan fingerprint density at radius 1 is 1.62 bits per heavy atom. The highest BCUT2D eigenvalue weighted by atomic mass is 16.4. The van der Waals surface area contributed by atoms with E-state index in [0.29, 0.717) is 6.54 Å². The molecule has 1 heterocycles. The van der Waals surface area contributed by atoms with Gasteiger partial charge in [-0.15, -0.1) is 0 Å². The van der Waals surface area contributed by atoms with Gasteiger partial charge in [-0.2, -0.15) is 0 Å². The summed E-state index contributed by atoms with van der Waals surface area (Å²) in [4.78, 5) is 21.8. The fourth-order valence-corrected chi connectivity index (χ4v) is 1.27. The Hall–Kier alpha value is -1.10. The Kier molecular flexibility index (Phi) is 3.25. The number of rotatable bonds is 3. The van der Waals surface area contributed by atoms with Crippen molar-refractivity contribution < 1.29 is 14.7 Å². The lowest BCUT2D eigenvalue weighted by atomic mass is 10.1. The second-order valence-electron chi connectivity index (χ2n) is 3.26. The third kappa shape index (κ3) is 2.69. The number of hydrogen-bond donors (Lipinski definition) is 3. The van der Waals surface area contributed by atoms with Crippen molar-refractivity contribution in [2.24, 2.45) is 5.92 Å². The lowest BCUT2D eigenvalue weighted by Gasteiger charge is -2.12. The summed E-state index contributed by atoms with van der Waals surface area (Å²) < 4.78 is 0. The van der Waals surface area contributed by atoms with E-state index in [0.717, 1.165) is 13.0 Å². The average Bonchev–Trinajstić information content (AvgIpc) is 2.55. The maximum atomic E-state index is 11.3. The van der Waals surface area contributed by atoms with Crippen LogP contribution in [0.3, 0.4) is 0 Å². The molecule has 2 atom stereocenters. The Bertz CT molecular complexity index is 211. The van der Waals surface area contributed by atoms with Gasteiger partial charge in [0, 0.05) is 6.54 Å². The van der Waals surface area contributed by atoms with Gasteiger partial charge >= 0.3 is 5.97 Å². The van der Waals surface area contributed by atoms with Gasteiger partial charge in [0.05, 0.1) is 5.92 Å². The van der Waals surface area contributed by atoms with Crippen LogP contribution >= 0.6 is 0 Å². The molecule has 0 spiro atoms. The van der Waals surface area contributed by atoms with Crippen molar-refractivity contribution in [3.8, 4) is 0 Å². The quantitative estimate of drug-likeness (QED) is 0.538. The lowest BCUT2D eigenvalue weighted by molar-refractivity contribution is -0.141. The van der Waals surface area contributed by atoms with Crippen molar-refractivity contribution in [1.82, 2.24) is 10.6 Å². The summed E-state index contributed by atoms with van der Waals surface area (Å²) in [6.07, 6.45) is 0.790. The van der Waals surface area contributed by atoms with Crippen molar-refractivity contribution in [3.63, 3.8) is 0 Å². The molecule has 5 heteroatoms. The van der Waals surface area contributed by atoms with Crippen LogP contribution in [-0.2, 0) is 9.59 Å². The number of carboxylic acid groups (broad SMARTS) is 1. The fourth-order valence-electron chi connectivity index (χ4n) is 1.27. The molecule has 1 saturated heterocycles. The minimum atomic E-state index is -1.00. The number of nitrogens with one attached hydrogen (secondary N) is 2. The summed E-state index contributed by atoms with van der Waals surface area (Å²) in [5.74, 6) is -1.24. The van der Waals surface area contributed by atoms with Crippen LogP contribution in [0.5, 0.6) is 0 Å². The molecule has 5 nitrogen and oxygen atoms in total. The van der Waals surface area contributed by atoms with Crippen LogP contribution in [0.25, 0.3) is 0 Å². The van der Waals surface area contributed by atoms with Gasteiger partial charge in [0.2, 0.25) is 5.91 Å². The normalized spacial score (nSPS) is 23.9. The van der Waals surface area contributed by atoms with Crippen LogP contribution in [0.4, 0.5) is 0 Å². The highest BCUT2D eigenvalue weighted by Gasteiger charge is 2.24. The highest BCUT2D eigenvalue weighted by Crippen LogP contribution is 2.07. The smallest absolute Gasteiger partial charge is 0.325 e. The second-order valence-corrected chi connectivity index (χ2v) is 3.26. The Labute approximate surface area is 76.5 Å². The van der Waals surface area contributed by atoms with Gasteiger partial charge in [-0.05, 0) is 19.9 Å². The predicted molar refractivity (Wildman–Crippen MR) is 46.2 cm³/mol.